The first-order valence-electron chi connectivity index (χ1n) is 9.74. The summed E-state index contributed by atoms with van der Waals surface area (Å²) in [7, 11) is -3.46. The minimum Gasteiger partial charge on any atom is -0.345 e. The van der Waals surface area contributed by atoms with E-state index in [0.717, 1.165) is 11.1 Å². The summed E-state index contributed by atoms with van der Waals surface area (Å²) in [4.78, 5) is 20.5. The number of aromatic amines is 1. The third-order valence-corrected chi connectivity index (χ3v) is 6.32. The quantitative estimate of drug-likeness (QED) is 0.408. The van der Waals surface area contributed by atoms with Gasteiger partial charge >= 0.3 is 0 Å². The van der Waals surface area contributed by atoms with Gasteiger partial charge in [-0.3, -0.25) is 9.52 Å². The molecule has 0 saturated heterocycles. The van der Waals surface area contributed by atoms with Gasteiger partial charge in [-0.15, -0.1) is 0 Å². The van der Waals surface area contributed by atoms with Gasteiger partial charge in [-0.05, 0) is 42.3 Å². The van der Waals surface area contributed by atoms with E-state index in [1.54, 1.807) is 49.6 Å². The largest absolute Gasteiger partial charge is 0.345 e. The fourth-order valence-electron chi connectivity index (χ4n) is 3.37. The first kappa shape index (κ1) is 20.7. The first-order valence-corrected chi connectivity index (χ1v) is 11.4. The third-order valence-electron chi connectivity index (χ3n) is 4.82. The Bertz CT molecular complexity index is 1360. The molecule has 0 unspecified atom stereocenters. The Kier molecular flexibility index (Phi) is 5.56. The molecule has 158 valence electrons. The number of carbonyl (C=O) groups is 1. The Morgan fingerprint density at radius 1 is 1.10 bits per heavy atom. The smallest absolute Gasteiger partial charge is 0.232 e. The molecule has 8 heteroatoms. The molecule has 2 aromatic carbocycles. The van der Waals surface area contributed by atoms with Gasteiger partial charge in [-0.2, -0.15) is 0 Å². The Morgan fingerprint density at radius 2 is 1.87 bits per heavy atom. The number of sulfonamides is 1. The number of H-pyrrole nitrogens is 1. The minimum absolute atomic E-state index is 0.00541. The molecule has 4 rings (SSSR count). The zero-order valence-corrected chi connectivity index (χ0v) is 17.5. The number of nitrogens with zero attached hydrogens (tertiary/aromatic N) is 1. The van der Waals surface area contributed by atoms with Crippen LogP contribution in [-0.4, -0.2) is 29.9 Å². The highest BCUT2D eigenvalue weighted by Gasteiger charge is 2.17. The van der Waals surface area contributed by atoms with Crippen LogP contribution in [0.4, 0.5) is 10.1 Å². The van der Waals surface area contributed by atoms with Gasteiger partial charge in [-0.25, -0.2) is 17.8 Å². The van der Waals surface area contributed by atoms with Crippen LogP contribution in [0, 0.1) is 5.82 Å². The van der Waals surface area contributed by atoms with Gasteiger partial charge in [0.25, 0.3) is 0 Å². The number of nitrogens with one attached hydrogen (secondary N) is 2. The molecular weight excluding hydrogens is 417 g/mol. The van der Waals surface area contributed by atoms with Crippen molar-refractivity contribution in [1.29, 1.82) is 0 Å². The second-order valence-corrected chi connectivity index (χ2v) is 9.00. The van der Waals surface area contributed by atoms with E-state index in [2.05, 4.69) is 14.7 Å². The maximum absolute atomic E-state index is 13.2. The molecule has 0 fully saturated rings. The summed E-state index contributed by atoms with van der Waals surface area (Å²) in [5.41, 5.74) is 3.19. The van der Waals surface area contributed by atoms with Crippen LogP contribution in [-0.2, 0) is 10.0 Å². The molecular formula is C23H20FN3O3S. The summed E-state index contributed by atoms with van der Waals surface area (Å²) < 4.78 is 39.8. The predicted octanol–water partition coefficient (Wildman–Crippen LogP) is 4.75. The summed E-state index contributed by atoms with van der Waals surface area (Å²) in [5, 5.41) is 0.629. The zero-order chi connectivity index (χ0) is 22.0. The molecule has 0 aliphatic carbocycles. The molecule has 0 aliphatic rings. The van der Waals surface area contributed by atoms with Crippen molar-refractivity contribution in [1.82, 2.24) is 9.97 Å². The van der Waals surface area contributed by atoms with Gasteiger partial charge in [0.15, 0.2) is 5.78 Å². The van der Waals surface area contributed by atoms with Crippen LogP contribution in [0.25, 0.3) is 22.2 Å². The average molecular weight is 437 g/mol. The number of carbonyl (C=O) groups excluding carboxylic acids is 1. The number of pyridine rings is 1. The topological polar surface area (TPSA) is 91.9 Å². The Hall–Kier alpha value is -3.52. The SMILES string of the molecule is CCCS(=O)(=O)Nc1cccc(C(=O)c2c[nH]c3ncc(-c4ccc(F)cc4)cc23)c1. The van der Waals surface area contributed by atoms with Gasteiger partial charge in [0.05, 0.1) is 5.75 Å². The second-order valence-electron chi connectivity index (χ2n) is 7.16. The lowest BCUT2D eigenvalue weighted by Gasteiger charge is -2.08. The standard InChI is InChI=1S/C23H20FN3O3S/c1-2-10-31(29,30)27-19-5-3-4-16(11-19)22(28)21-14-26-23-20(21)12-17(13-25-23)15-6-8-18(24)9-7-15/h3-9,11-14,27H,2,10H2,1H3,(H,25,26). The van der Waals surface area contributed by atoms with Crippen molar-refractivity contribution >= 4 is 32.5 Å². The van der Waals surface area contributed by atoms with Crippen LogP contribution in [0.1, 0.15) is 29.3 Å². The van der Waals surface area contributed by atoms with Crippen LogP contribution in [0.5, 0.6) is 0 Å². The maximum atomic E-state index is 13.2. The molecule has 2 N–H and O–H groups in total. The predicted molar refractivity (Wildman–Crippen MR) is 119 cm³/mol. The lowest BCUT2D eigenvalue weighted by Crippen LogP contribution is -2.16. The summed E-state index contributed by atoms with van der Waals surface area (Å²) in [5.74, 6) is -0.587. The van der Waals surface area contributed by atoms with Gasteiger partial charge < -0.3 is 4.98 Å². The van der Waals surface area contributed by atoms with Gasteiger partial charge in [0.2, 0.25) is 10.0 Å². The number of hydrogen-bond donors (Lipinski definition) is 2. The van der Waals surface area contributed by atoms with Crippen molar-refractivity contribution in [3.05, 3.63) is 83.9 Å². The van der Waals surface area contributed by atoms with E-state index in [1.807, 2.05) is 6.07 Å². The van der Waals surface area contributed by atoms with Crippen LogP contribution >= 0.6 is 0 Å². The second kappa shape index (κ2) is 8.31. The number of ketones is 1. The molecule has 0 spiro atoms. The van der Waals surface area contributed by atoms with Gasteiger partial charge in [0, 0.05) is 40.2 Å². The van der Waals surface area contributed by atoms with Crippen molar-refractivity contribution in [2.45, 2.75) is 13.3 Å². The van der Waals surface area contributed by atoms with E-state index < -0.39 is 10.0 Å². The van der Waals surface area contributed by atoms with Crippen LogP contribution < -0.4 is 4.72 Å². The molecule has 0 atom stereocenters. The molecule has 2 heterocycles. The fourth-order valence-corrected chi connectivity index (χ4v) is 4.50. The zero-order valence-electron chi connectivity index (χ0n) is 16.7. The molecule has 0 saturated carbocycles. The number of aromatic nitrogens is 2. The summed E-state index contributed by atoms with van der Waals surface area (Å²) in [6, 6.07) is 14.3. The van der Waals surface area contributed by atoms with Crippen LogP contribution in [0.15, 0.2) is 67.0 Å². The van der Waals surface area contributed by atoms with Crippen molar-refractivity contribution < 1.29 is 17.6 Å². The first-order chi connectivity index (χ1) is 14.9. The average Bonchev–Trinajstić information content (AvgIpc) is 3.16. The van der Waals surface area contributed by atoms with E-state index in [9.17, 15) is 17.6 Å². The number of rotatable bonds is 7. The molecule has 2 aromatic heterocycles. The van der Waals surface area contributed by atoms with Crippen LogP contribution in [0.2, 0.25) is 0 Å². The normalized spacial score (nSPS) is 11.5. The van der Waals surface area contributed by atoms with Crippen molar-refractivity contribution in [3.63, 3.8) is 0 Å². The number of hydrogen-bond acceptors (Lipinski definition) is 4. The molecule has 6 nitrogen and oxygen atoms in total. The number of benzene rings is 2. The summed E-state index contributed by atoms with van der Waals surface area (Å²) >= 11 is 0. The molecule has 0 radical (unpaired) electrons. The highest BCUT2D eigenvalue weighted by atomic mass is 32.2. The molecule has 31 heavy (non-hydrogen) atoms. The lowest BCUT2D eigenvalue weighted by atomic mass is 10.0. The number of anilines is 1. The van der Waals surface area contributed by atoms with Crippen molar-refractivity contribution in [2.75, 3.05) is 10.5 Å². The van der Waals surface area contributed by atoms with E-state index in [-0.39, 0.29) is 17.4 Å². The Morgan fingerprint density at radius 3 is 2.61 bits per heavy atom. The van der Waals surface area contributed by atoms with Gasteiger partial charge in [-0.1, -0.05) is 31.2 Å². The third kappa shape index (κ3) is 4.49. The monoisotopic (exact) mass is 437 g/mol. The molecule has 0 bridgehead atoms. The van der Waals surface area contributed by atoms with Crippen LogP contribution in [0.3, 0.4) is 0 Å². The summed E-state index contributed by atoms with van der Waals surface area (Å²) in [6.45, 7) is 1.78. The Labute approximate surface area is 179 Å². The molecule has 0 amide bonds. The number of fused-ring (bicyclic) bond motifs is 1. The maximum Gasteiger partial charge on any atom is 0.232 e. The fraction of sp³-hybridized carbons (Fsp3) is 0.130. The van der Waals surface area contributed by atoms with E-state index in [1.165, 1.54) is 18.2 Å². The van der Waals surface area contributed by atoms with E-state index in [4.69, 9.17) is 0 Å². The molecule has 4 aromatic rings. The van der Waals surface area contributed by atoms with E-state index >= 15 is 0 Å². The number of halogens is 1. The minimum atomic E-state index is -3.46. The highest BCUT2D eigenvalue weighted by molar-refractivity contribution is 7.92. The van der Waals surface area contributed by atoms with Crippen molar-refractivity contribution in [2.24, 2.45) is 0 Å². The van der Waals surface area contributed by atoms with Crippen molar-refractivity contribution in [3.8, 4) is 11.1 Å². The lowest BCUT2D eigenvalue weighted by molar-refractivity contribution is 0.104. The Balaban J connectivity index is 1.69. The highest BCUT2D eigenvalue weighted by Crippen LogP contribution is 2.27. The molecule has 0 aliphatic heterocycles. The van der Waals surface area contributed by atoms with Gasteiger partial charge in [0.1, 0.15) is 11.5 Å². The van der Waals surface area contributed by atoms with E-state index in [0.29, 0.717) is 34.3 Å². The summed E-state index contributed by atoms with van der Waals surface area (Å²) in [6.07, 6.45) is 3.73.